The van der Waals surface area contributed by atoms with E-state index in [1.807, 2.05) is 24.3 Å². The van der Waals surface area contributed by atoms with Crippen molar-refractivity contribution < 1.29 is 4.79 Å². The van der Waals surface area contributed by atoms with Gasteiger partial charge in [0.2, 0.25) is 0 Å². The number of benzene rings is 1. The number of urea groups is 1. The summed E-state index contributed by atoms with van der Waals surface area (Å²) in [4.78, 5) is 27.8. The van der Waals surface area contributed by atoms with E-state index >= 15 is 0 Å². The highest BCUT2D eigenvalue weighted by Crippen LogP contribution is 2.16. The quantitative estimate of drug-likeness (QED) is 0.690. The van der Waals surface area contributed by atoms with Gasteiger partial charge in [-0.25, -0.2) is 19.1 Å². The fourth-order valence-electron chi connectivity index (χ4n) is 2.45. The fraction of sp³-hybridized carbons (Fsp3) is 0.278. The monoisotopic (exact) mass is 367 g/mol. The average Bonchev–Trinajstić information content (AvgIpc) is 3.18. The van der Waals surface area contributed by atoms with Crippen LogP contribution in [0.4, 0.5) is 10.5 Å². The zero-order valence-electron chi connectivity index (χ0n) is 15.2. The molecule has 0 fully saturated rings. The molecule has 0 saturated heterocycles. The number of rotatable bonds is 6. The third kappa shape index (κ3) is 4.78. The Bertz CT molecular complexity index is 947. The number of nitrogens with one attached hydrogen (secondary N) is 2. The molecule has 0 spiro atoms. The van der Waals surface area contributed by atoms with Gasteiger partial charge in [-0.05, 0) is 29.7 Å². The Morgan fingerprint density at radius 3 is 2.59 bits per heavy atom. The largest absolute Gasteiger partial charge is 0.336 e. The van der Waals surface area contributed by atoms with Crippen LogP contribution < -0.4 is 16.2 Å². The number of amides is 2. The van der Waals surface area contributed by atoms with Crippen LogP contribution in [0.3, 0.4) is 0 Å². The highest BCUT2D eigenvalue weighted by atomic mass is 16.2. The molecule has 0 atom stereocenters. The van der Waals surface area contributed by atoms with Gasteiger partial charge in [-0.2, -0.15) is 5.10 Å². The lowest BCUT2D eigenvalue weighted by Gasteiger charge is -2.10. The summed E-state index contributed by atoms with van der Waals surface area (Å²) in [5, 5.41) is 13.7. The van der Waals surface area contributed by atoms with Gasteiger partial charge in [0.25, 0.3) is 5.56 Å². The lowest BCUT2D eigenvalue weighted by molar-refractivity contribution is 0.251. The molecule has 0 aliphatic carbocycles. The summed E-state index contributed by atoms with van der Waals surface area (Å²) in [6.07, 6.45) is 2.88. The lowest BCUT2D eigenvalue weighted by Crippen LogP contribution is -2.34. The van der Waals surface area contributed by atoms with Gasteiger partial charge in [-0.3, -0.25) is 4.79 Å². The molecule has 0 saturated carbocycles. The minimum absolute atomic E-state index is 0.237. The summed E-state index contributed by atoms with van der Waals surface area (Å²) < 4.78 is 2.73. The number of anilines is 1. The van der Waals surface area contributed by atoms with Crippen molar-refractivity contribution in [1.29, 1.82) is 0 Å². The van der Waals surface area contributed by atoms with E-state index in [1.165, 1.54) is 33.6 Å². The van der Waals surface area contributed by atoms with Gasteiger partial charge in [0, 0.05) is 18.3 Å². The Kier molecular flexibility index (Phi) is 5.60. The van der Waals surface area contributed by atoms with Crippen molar-refractivity contribution in [1.82, 2.24) is 29.9 Å². The Morgan fingerprint density at radius 1 is 1.15 bits per heavy atom. The molecular formula is C18H21N7O2. The van der Waals surface area contributed by atoms with E-state index in [-0.39, 0.29) is 24.7 Å². The molecule has 27 heavy (non-hydrogen) atoms. The van der Waals surface area contributed by atoms with Crippen LogP contribution >= 0.6 is 0 Å². The fourth-order valence-corrected chi connectivity index (χ4v) is 2.45. The van der Waals surface area contributed by atoms with Crippen molar-refractivity contribution in [3.63, 3.8) is 0 Å². The maximum absolute atomic E-state index is 12.0. The molecule has 2 heterocycles. The molecule has 0 unspecified atom stereocenters. The van der Waals surface area contributed by atoms with Gasteiger partial charge in [0.1, 0.15) is 12.7 Å². The van der Waals surface area contributed by atoms with E-state index in [2.05, 4.69) is 39.7 Å². The van der Waals surface area contributed by atoms with Crippen LogP contribution in [-0.4, -0.2) is 37.1 Å². The highest BCUT2D eigenvalue weighted by molar-refractivity contribution is 5.89. The van der Waals surface area contributed by atoms with E-state index in [1.54, 1.807) is 6.07 Å². The van der Waals surface area contributed by atoms with Crippen molar-refractivity contribution in [2.45, 2.75) is 26.3 Å². The molecule has 0 bridgehead atoms. The molecule has 3 aromatic rings. The molecule has 0 aliphatic heterocycles. The predicted molar refractivity (Wildman–Crippen MR) is 101 cm³/mol. The second-order valence-corrected chi connectivity index (χ2v) is 6.25. The van der Waals surface area contributed by atoms with Crippen LogP contribution in [0.1, 0.15) is 25.3 Å². The first-order valence-electron chi connectivity index (χ1n) is 8.61. The normalized spacial score (nSPS) is 10.8. The molecular weight excluding hydrogens is 346 g/mol. The summed E-state index contributed by atoms with van der Waals surface area (Å²) in [7, 11) is 0. The second-order valence-electron chi connectivity index (χ2n) is 6.25. The summed E-state index contributed by atoms with van der Waals surface area (Å²) >= 11 is 0. The Labute approximate surface area is 156 Å². The third-order valence-corrected chi connectivity index (χ3v) is 3.95. The Morgan fingerprint density at radius 2 is 1.93 bits per heavy atom. The maximum Gasteiger partial charge on any atom is 0.319 e. The Balaban J connectivity index is 1.54. The van der Waals surface area contributed by atoms with Gasteiger partial charge in [-0.1, -0.05) is 26.0 Å². The molecule has 1 aromatic carbocycles. The third-order valence-electron chi connectivity index (χ3n) is 3.95. The summed E-state index contributed by atoms with van der Waals surface area (Å²) in [5.74, 6) is 0.911. The van der Waals surface area contributed by atoms with Gasteiger partial charge < -0.3 is 10.6 Å². The molecule has 3 rings (SSSR count). The minimum Gasteiger partial charge on any atom is -0.336 e. The number of carbonyl (C=O) groups excluding carboxylic acids is 1. The first-order valence-corrected chi connectivity index (χ1v) is 8.61. The van der Waals surface area contributed by atoms with Crippen LogP contribution in [0.2, 0.25) is 0 Å². The smallest absolute Gasteiger partial charge is 0.319 e. The Hall–Kier alpha value is -3.49. The van der Waals surface area contributed by atoms with Crippen molar-refractivity contribution in [3.8, 4) is 5.82 Å². The van der Waals surface area contributed by atoms with Gasteiger partial charge >= 0.3 is 6.03 Å². The SMILES string of the molecule is CC(C)c1ccc(NC(=O)NCCn2nc(-n3cncn3)ccc2=O)cc1. The number of aromatic nitrogens is 5. The van der Waals surface area contributed by atoms with Crippen LogP contribution in [0, 0.1) is 0 Å². The van der Waals surface area contributed by atoms with E-state index < -0.39 is 0 Å². The number of hydrogen-bond donors (Lipinski definition) is 2. The predicted octanol–water partition coefficient (Wildman–Crippen LogP) is 1.77. The van der Waals surface area contributed by atoms with E-state index in [4.69, 9.17) is 0 Å². The standard InChI is InChI=1S/C18H21N7O2/c1-13(2)14-3-5-15(6-4-14)22-18(27)20-9-10-24-17(26)8-7-16(23-24)25-12-19-11-21-25/h3-8,11-13H,9-10H2,1-2H3,(H2,20,22,27). The average molecular weight is 367 g/mol. The zero-order valence-corrected chi connectivity index (χ0v) is 15.2. The summed E-state index contributed by atoms with van der Waals surface area (Å²) in [6.45, 7) is 4.72. The van der Waals surface area contributed by atoms with Crippen LogP contribution in [0.5, 0.6) is 0 Å². The first kappa shape index (κ1) is 18.3. The topological polar surface area (TPSA) is 107 Å². The highest BCUT2D eigenvalue weighted by Gasteiger charge is 2.06. The van der Waals surface area contributed by atoms with E-state index in [0.29, 0.717) is 17.4 Å². The molecule has 2 amide bonds. The molecule has 2 aromatic heterocycles. The van der Waals surface area contributed by atoms with Gasteiger partial charge in [-0.15, -0.1) is 5.10 Å². The molecule has 0 radical (unpaired) electrons. The van der Waals surface area contributed by atoms with Crippen molar-refractivity contribution >= 4 is 11.7 Å². The zero-order chi connectivity index (χ0) is 19.2. The van der Waals surface area contributed by atoms with Gasteiger partial charge in [0.15, 0.2) is 5.82 Å². The van der Waals surface area contributed by atoms with E-state index in [0.717, 1.165) is 0 Å². The van der Waals surface area contributed by atoms with Crippen molar-refractivity contribution in [2.24, 2.45) is 0 Å². The molecule has 9 heteroatoms. The maximum atomic E-state index is 12.0. The number of hydrogen-bond acceptors (Lipinski definition) is 5. The van der Waals surface area contributed by atoms with E-state index in [9.17, 15) is 9.59 Å². The van der Waals surface area contributed by atoms with Crippen LogP contribution in [-0.2, 0) is 6.54 Å². The summed E-state index contributed by atoms with van der Waals surface area (Å²) in [6, 6.07) is 10.3. The number of carbonyl (C=O) groups is 1. The molecule has 2 N–H and O–H groups in total. The molecule has 0 aliphatic rings. The van der Waals surface area contributed by atoms with Crippen molar-refractivity contribution in [2.75, 3.05) is 11.9 Å². The van der Waals surface area contributed by atoms with Gasteiger partial charge in [0.05, 0.1) is 6.54 Å². The van der Waals surface area contributed by atoms with Crippen LogP contribution in [0.15, 0.2) is 53.8 Å². The molecule has 9 nitrogen and oxygen atoms in total. The second kappa shape index (κ2) is 8.26. The van der Waals surface area contributed by atoms with Crippen molar-refractivity contribution in [3.05, 3.63) is 65.0 Å². The lowest BCUT2D eigenvalue weighted by atomic mass is 10.0. The minimum atomic E-state index is -0.340. The number of nitrogens with zero attached hydrogens (tertiary/aromatic N) is 5. The summed E-state index contributed by atoms with van der Waals surface area (Å²) in [5.41, 5.74) is 1.66. The first-order chi connectivity index (χ1) is 13.0. The van der Waals surface area contributed by atoms with Crippen LogP contribution in [0.25, 0.3) is 5.82 Å². The molecule has 140 valence electrons.